The highest BCUT2D eigenvalue weighted by Crippen LogP contribution is 2.24. The molecule has 2 rings (SSSR count). The molecule has 32 heavy (non-hydrogen) atoms. The Bertz CT molecular complexity index is 830. The van der Waals surface area contributed by atoms with Crippen molar-refractivity contribution >= 4 is 12.1 Å². The summed E-state index contributed by atoms with van der Waals surface area (Å²) < 4.78 is 15.4. The van der Waals surface area contributed by atoms with Crippen LogP contribution in [0.5, 0.6) is 11.5 Å². The van der Waals surface area contributed by atoms with Crippen LogP contribution in [0.15, 0.2) is 48.5 Å². The molecule has 0 unspecified atom stereocenters. The number of methoxy groups -OCH3 is 1. The second-order valence-electron chi connectivity index (χ2n) is 7.98. The SMILES string of the molecule is CCCCCCCCCCCCc1ccccc1OC(=O)Oc1ccccc1C(=O)OC. The molecule has 0 fully saturated rings. The van der Waals surface area contributed by atoms with Crippen LogP contribution in [0.2, 0.25) is 0 Å². The maximum atomic E-state index is 12.3. The zero-order chi connectivity index (χ0) is 23.0. The maximum absolute atomic E-state index is 12.3. The molecule has 2 aromatic carbocycles. The van der Waals surface area contributed by atoms with E-state index in [-0.39, 0.29) is 11.3 Å². The summed E-state index contributed by atoms with van der Waals surface area (Å²) in [5.41, 5.74) is 1.15. The molecule has 5 nitrogen and oxygen atoms in total. The standard InChI is InChI=1S/C27H36O5/c1-3-4-5-6-7-8-9-10-11-12-17-22-18-13-15-20-24(22)31-27(29)32-25-21-16-14-19-23(25)26(28)30-2/h13-16,18-21H,3-12,17H2,1-2H3. The van der Waals surface area contributed by atoms with Crippen molar-refractivity contribution in [2.24, 2.45) is 0 Å². The minimum atomic E-state index is -0.878. The Hall–Kier alpha value is -2.82. The van der Waals surface area contributed by atoms with Crippen LogP contribution in [0, 0.1) is 0 Å². The summed E-state index contributed by atoms with van der Waals surface area (Å²) >= 11 is 0. The number of carbonyl (C=O) groups is 2. The number of unbranched alkanes of at least 4 members (excludes halogenated alkanes) is 9. The van der Waals surface area contributed by atoms with Gasteiger partial charge in [0.2, 0.25) is 0 Å². The fraction of sp³-hybridized carbons (Fsp3) is 0.481. The molecule has 0 radical (unpaired) electrons. The lowest BCUT2D eigenvalue weighted by Gasteiger charge is -2.11. The van der Waals surface area contributed by atoms with Crippen LogP contribution in [-0.2, 0) is 11.2 Å². The number of aryl methyl sites for hydroxylation is 1. The van der Waals surface area contributed by atoms with Gasteiger partial charge in [0.05, 0.1) is 7.11 Å². The zero-order valence-electron chi connectivity index (χ0n) is 19.4. The smallest absolute Gasteiger partial charge is 0.465 e. The van der Waals surface area contributed by atoms with Gasteiger partial charge in [-0.15, -0.1) is 0 Å². The molecule has 0 aromatic heterocycles. The number of ether oxygens (including phenoxy) is 3. The number of hydrogen-bond donors (Lipinski definition) is 0. The van der Waals surface area contributed by atoms with Crippen molar-refractivity contribution in [2.45, 2.75) is 77.6 Å². The molecule has 5 heteroatoms. The molecule has 2 aromatic rings. The van der Waals surface area contributed by atoms with E-state index in [4.69, 9.17) is 14.2 Å². The van der Waals surface area contributed by atoms with Gasteiger partial charge in [0.15, 0.2) is 0 Å². The molecule has 0 aliphatic carbocycles. The monoisotopic (exact) mass is 440 g/mol. The quantitative estimate of drug-likeness (QED) is 0.173. The number of esters is 1. The van der Waals surface area contributed by atoms with E-state index in [1.807, 2.05) is 18.2 Å². The van der Waals surface area contributed by atoms with E-state index in [0.29, 0.717) is 5.75 Å². The lowest BCUT2D eigenvalue weighted by atomic mass is 10.0. The van der Waals surface area contributed by atoms with Crippen LogP contribution in [0.25, 0.3) is 0 Å². The zero-order valence-corrected chi connectivity index (χ0v) is 19.4. The van der Waals surface area contributed by atoms with Gasteiger partial charge in [0.1, 0.15) is 17.1 Å². The first-order valence-electron chi connectivity index (χ1n) is 11.8. The molecule has 174 valence electrons. The van der Waals surface area contributed by atoms with Gasteiger partial charge in [-0.05, 0) is 36.6 Å². The number of rotatable bonds is 14. The van der Waals surface area contributed by atoms with Crippen LogP contribution in [0.4, 0.5) is 4.79 Å². The first-order chi connectivity index (χ1) is 15.7. The van der Waals surface area contributed by atoms with E-state index in [9.17, 15) is 9.59 Å². The van der Waals surface area contributed by atoms with E-state index in [2.05, 4.69) is 6.92 Å². The average molecular weight is 441 g/mol. The molecule has 0 spiro atoms. The molecule has 0 bridgehead atoms. The van der Waals surface area contributed by atoms with Crippen molar-refractivity contribution in [3.63, 3.8) is 0 Å². The first kappa shape index (κ1) is 25.4. The summed E-state index contributed by atoms with van der Waals surface area (Å²) in [6.45, 7) is 2.25. The van der Waals surface area contributed by atoms with Crippen LogP contribution < -0.4 is 9.47 Å². The van der Waals surface area contributed by atoms with E-state index in [1.54, 1.807) is 18.2 Å². The molecule has 0 heterocycles. The summed E-state index contributed by atoms with van der Waals surface area (Å²) in [5, 5.41) is 0. The third-order valence-electron chi connectivity index (χ3n) is 5.45. The average Bonchev–Trinajstić information content (AvgIpc) is 2.81. The molecule has 0 aliphatic rings. The minimum Gasteiger partial charge on any atom is -0.465 e. The maximum Gasteiger partial charge on any atom is 0.519 e. The van der Waals surface area contributed by atoms with Gasteiger partial charge in [-0.1, -0.05) is 95.0 Å². The minimum absolute atomic E-state index is 0.108. The van der Waals surface area contributed by atoms with Gasteiger partial charge in [-0.25, -0.2) is 9.59 Å². The van der Waals surface area contributed by atoms with Crippen molar-refractivity contribution in [3.05, 3.63) is 59.7 Å². The Morgan fingerprint density at radius 3 is 1.88 bits per heavy atom. The summed E-state index contributed by atoms with van der Waals surface area (Å²) in [5.74, 6) is 0.0234. The Morgan fingerprint density at radius 1 is 0.688 bits per heavy atom. The van der Waals surface area contributed by atoms with Gasteiger partial charge < -0.3 is 14.2 Å². The number of hydrogen-bond acceptors (Lipinski definition) is 5. The van der Waals surface area contributed by atoms with Gasteiger partial charge in [-0.2, -0.15) is 0 Å². The van der Waals surface area contributed by atoms with Crippen LogP contribution in [0.3, 0.4) is 0 Å². The molecule has 0 saturated carbocycles. The lowest BCUT2D eigenvalue weighted by molar-refractivity contribution is 0.0597. The number of carbonyl (C=O) groups excluding carboxylic acids is 2. The largest absolute Gasteiger partial charge is 0.519 e. The second kappa shape index (κ2) is 15.1. The predicted octanol–water partition coefficient (Wildman–Crippen LogP) is 7.51. The molecule has 0 atom stereocenters. The van der Waals surface area contributed by atoms with Crippen LogP contribution >= 0.6 is 0 Å². The third-order valence-corrected chi connectivity index (χ3v) is 5.45. The summed E-state index contributed by atoms with van der Waals surface area (Å²) in [4.78, 5) is 24.2. The van der Waals surface area contributed by atoms with E-state index >= 15 is 0 Å². The van der Waals surface area contributed by atoms with Gasteiger partial charge in [-0.3, -0.25) is 0 Å². The fourth-order valence-corrected chi connectivity index (χ4v) is 3.65. The number of para-hydroxylation sites is 2. The topological polar surface area (TPSA) is 61.8 Å². The van der Waals surface area contributed by atoms with Crippen molar-refractivity contribution < 1.29 is 23.8 Å². The molecule has 0 aliphatic heterocycles. The van der Waals surface area contributed by atoms with Crippen molar-refractivity contribution in [3.8, 4) is 11.5 Å². The predicted molar refractivity (Wildman–Crippen MR) is 126 cm³/mol. The van der Waals surface area contributed by atoms with Crippen LogP contribution in [-0.4, -0.2) is 19.2 Å². The third kappa shape index (κ3) is 9.13. The van der Waals surface area contributed by atoms with E-state index in [0.717, 1.165) is 18.4 Å². The van der Waals surface area contributed by atoms with Crippen LogP contribution in [0.1, 0.15) is 87.1 Å². The summed E-state index contributed by atoms with van der Waals surface area (Å²) in [7, 11) is 1.28. The lowest BCUT2D eigenvalue weighted by Crippen LogP contribution is -2.16. The molecule has 0 N–H and O–H groups in total. The normalized spacial score (nSPS) is 10.6. The van der Waals surface area contributed by atoms with Crippen molar-refractivity contribution in [1.29, 1.82) is 0 Å². The van der Waals surface area contributed by atoms with E-state index < -0.39 is 12.1 Å². The van der Waals surface area contributed by atoms with Gasteiger partial charge >= 0.3 is 12.1 Å². The Kier molecular flexibility index (Phi) is 12.0. The Balaban J connectivity index is 1.77. The highest BCUT2D eigenvalue weighted by atomic mass is 16.7. The Labute approximate surface area is 192 Å². The summed E-state index contributed by atoms with van der Waals surface area (Å²) in [6, 6.07) is 13.9. The van der Waals surface area contributed by atoms with Gasteiger partial charge in [0, 0.05) is 0 Å². The molecular formula is C27H36O5. The van der Waals surface area contributed by atoms with Crippen molar-refractivity contribution in [1.82, 2.24) is 0 Å². The molecular weight excluding hydrogens is 404 g/mol. The number of benzene rings is 2. The highest BCUT2D eigenvalue weighted by molar-refractivity contribution is 5.93. The fourth-order valence-electron chi connectivity index (χ4n) is 3.65. The molecule has 0 saturated heterocycles. The van der Waals surface area contributed by atoms with Gasteiger partial charge in [0.25, 0.3) is 0 Å². The summed E-state index contributed by atoms with van der Waals surface area (Å²) in [6.07, 6.45) is 12.8. The molecule has 0 amide bonds. The Morgan fingerprint density at radius 2 is 1.22 bits per heavy atom. The first-order valence-corrected chi connectivity index (χ1v) is 11.8. The van der Waals surface area contributed by atoms with E-state index in [1.165, 1.54) is 77.0 Å². The highest BCUT2D eigenvalue weighted by Gasteiger charge is 2.17. The van der Waals surface area contributed by atoms with Crippen molar-refractivity contribution in [2.75, 3.05) is 7.11 Å². The second-order valence-corrected chi connectivity index (χ2v) is 7.98.